The van der Waals surface area contributed by atoms with Crippen LogP contribution in [0.2, 0.25) is 0 Å². The van der Waals surface area contributed by atoms with Gasteiger partial charge in [0.1, 0.15) is 5.69 Å². The van der Waals surface area contributed by atoms with Gasteiger partial charge in [-0.25, -0.2) is 4.98 Å². The van der Waals surface area contributed by atoms with Crippen molar-refractivity contribution in [1.29, 1.82) is 0 Å². The predicted octanol–water partition coefficient (Wildman–Crippen LogP) is 0.0581. The molecule has 0 saturated carbocycles. The molecule has 0 bridgehead atoms. The van der Waals surface area contributed by atoms with Crippen molar-refractivity contribution in [2.75, 3.05) is 6.61 Å². The SMILES string of the molecule is Cc1nc2ccccc2n(C[C@H](O)CO)c1=O. The Labute approximate surface area is 98.0 Å². The Morgan fingerprint density at radius 3 is 2.82 bits per heavy atom. The molecule has 2 aromatic rings. The number of para-hydroxylation sites is 2. The zero-order chi connectivity index (χ0) is 12.4. The third-order valence-electron chi connectivity index (χ3n) is 2.62. The van der Waals surface area contributed by atoms with Crippen LogP contribution in [0.25, 0.3) is 11.0 Å². The fourth-order valence-electron chi connectivity index (χ4n) is 1.77. The van der Waals surface area contributed by atoms with Crippen molar-refractivity contribution in [2.45, 2.75) is 19.6 Å². The number of aliphatic hydroxyl groups is 2. The molecule has 5 heteroatoms. The van der Waals surface area contributed by atoms with Crippen LogP contribution in [0.4, 0.5) is 0 Å². The molecule has 2 rings (SSSR count). The summed E-state index contributed by atoms with van der Waals surface area (Å²) in [5.74, 6) is 0. The van der Waals surface area contributed by atoms with Crippen LogP contribution in [0.1, 0.15) is 5.69 Å². The predicted molar refractivity (Wildman–Crippen MR) is 63.8 cm³/mol. The monoisotopic (exact) mass is 234 g/mol. The first-order valence-electron chi connectivity index (χ1n) is 5.38. The molecule has 1 aromatic heterocycles. The van der Waals surface area contributed by atoms with Crippen LogP contribution in [-0.2, 0) is 6.54 Å². The molecule has 0 unspecified atom stereocenters. The molecular weight excluding hydrogens is 220 g/mol. The molecule has 2 N–H and O–H groups in total. The number of aliphatic hydroxyl groups excluding tert-OH is 2. The zero-order valence-corrected chi connectivity index (χ0v) is 9.50. The second-order valence-electron chi connectivity index (χ2n) is 3.94. The lowest BCUT2D eigenvalue weighted by Gasteiger charge is -2.13. The number of rotatable bonds is 3. The third-order valence-corrected chi connectivity index (χ3v) is 2.62. The van der Waals surface area contributed by atoms with Crippen molar-refractivity contribution >= 4 is 11.0 Å². The highest BCUT2D eigenvalue weighted by molar-refractivity contribution is 5.74. The summed E-state index contributed by atoms with van der Waals surface area (Å²) in [6.45, 7) is 1.33. The van der Waals surface area contributed by atoms with Gasteiger partial charge in [-0.05, 0) is 19.1 Å². The first-order valence-corrected chi connectivity index (χ1v) is 5.38. The highest BCUT2D eigenvalue weighted by atomic mass is 16.3. The maximum atomic E-state index is 11.9. The second-order valence-corrected chi connectivity index (χ2v) is 3.94. The molecule has 0 aliphatic heterocycles. The molecule has 0 aliphatic rings. The lowest BCUT2D eigenvalue weighted by atomic mass is 10.2. The van der Waals surface area contributed by atoms with E-state index in [-0.39, 0.29) is 18.7 Å². The minimum atomic E-state index is -0.946. The summed E-state index contributed by atoms with van der Waals surface area (Å²) in [6, 6.07) is 7.23. The second kappa shape index (κ2) is 4.65. The number of aryl methyl sites for hydroxylation is 1. The number of hydrogen-bond acceptors (Lipinski definition) is 4. The Morgan fingerprint density at radius 1 is 1.41 bits per heavy atom. The number of hydrogen-bond donors (Lipinski definition) is 2. The first kappa shape index (κ1) is 11.8. The van der Waals surface area contributed by atoms with Gasteiger partial charge in [0.15, 0.2) is 0 Å². The Bertz CT molecular complexity index is 592. The van der Waals surface area contributed by atoms with Gasteiger partial charge in [0.05, 0.1) is 30.3 Å². The quantitative estimate of drug-likeness (QED) is 0.787. The van der Waals surface area contributed by atoms with Gasteiger partial charge in [0.25, 0.3) is 5.56 Å². The standard InChI is InChI=1S/C12H14N2O3/c1-8-12(17)14(6-9(16)7-15)11-5-3-2-4-10(11)13-8/h2-5,9,15-16H,6-7H2,1H3/t9-/m0/s1. The molecule has 0 radical (unpaired) electrons. The summed E-state index contributed by atoms with van der Waals surface area (Å²) >= 11 is 0. The average molecular weight is 234 g/mol. The maximum absolute atomic E-state index is 11.9. The molecule has 0 saturated heterocycles. The minimum absolute atomic E-state index is 0.0687. The van der Waals surface area contributed by atoms with E-state index in [1.807, 2.05) is 12.1 Å². The molecule has 0 aliphatic carbocycles. The minimum Gasteiger partial charge on any atom is -0.394 e. The lowest BCUT2D eigenvalue weighted by Crippen LogP contribution is -2.30. The fourth-order valence-corrected chi connectivity index (χ4v) is 1.77. The van der Waals surface area contributed by atoms with E-state index in [1.165, 1.54) is 4.57 Å². The van der Waals surface area contributed by atoms with Crippen LogP contribution in [0.3, 0.4) is 0 Å². The van der Waals surface area contributed by atoms with Gasteiger partial charge in [0.2, 0.25) is 0 Å². The van der Waals surface area contributed by atoms with E-state index < -0.39 is 6.10 Å². The average Bonchev–Trinajstić information content (AvgIpc) is 2.34. The van der Waals surface area contributed by atoms with Gasteiger partial charge in [-0.3, -0.25) is 4.79 Å². The molecule has 0 spiro atoms. The number of fused-ring (bicyclic) bond motifs is 1. The summed E-state index contributed by atoms with van der Waals surface area (Å²) in [7, 11) is 0. The van der Waals surface area contributed by atoms with Crippen LogP contribution < -0.4 is 5.56 Å². The van der Waals surface area contributed by atoms with Gasteiger partial charge < -0.3 is 14.8 Å². The summed E-state index contributed by atoms with van der Waals surface area (Å²) < 4.78 is 1.44. The van der Waals surface area contributed by atoms with Crippen molar-refractivity contribution in [2.24, 2.45) is 0 Å². The van der Waals surface area contributed by atoms with Gasteiger partial charge in [-0.1, -0.05) is 12.1 Å². The fraction of sp³-hybridized carbons (Fsp3) is 0.333. The summed E-state index contributed by atoms with van der Waals surface area (Å²) in [5.41, 5.74) is 1.51. The van der Waals surface area contributed by atoms with Crippen LogP contribution in [-0.4, -0.2) is 32.5 Å². The Kier molecular flexibility index (Phi) is 3.21. The lowest BCUT2D eigenvalue weighted by molar-refractivity contribution is 0.0813. The van der Waals surface area contributed by atoms with Crippen molar-refractivity contribution in [3.05, 3.63) is 40.3 Å². The van der Waals surface area contributed by atoms with Crippen molar-refractivity contribution < 1.29 is 10.2 Å². The van der Waals surface area contributed by atoms with E-state index in [9.17, 15) is 9.90 Å². The Morgan fingerprint density at radius 2 is 2.12 bits per heavy atom. The van der Waals surface area contributed by atoms with E-state index in [0.29, 0.717) is 16.7 Å². The largest absolute Gasteiger partial charge is 0.394 e. The van der Waals surface area contributed by atoms with Crippen LogP contribution in [0.15, 0.2) is 29.1 Å². The topological polar surface area (TPSA) is 75.3 Å². The molecule has 5 nitrogen and oxygen atoms in total. The van der Waals surface area contributed by atoms with Crippen LogP contribution >= 0.6 is 0 Å². The Hall–Kier alpha value is -1.72. The number of aromatic nitrogens is 2. The third kappa shape index (κ3) is 2.20. The van der Waals surface area contributed by atoms with Crippen LogP contribution in [0, 0.1) is 6.92 Å². The zero-order valence-electron chi connectivity index (χ0n) is 9.50. The molecular formula is C12H14N2O3. The van der Waals surface area contributed by atoms with Crippen molar-refractivity contribution in [3.63, 3.8) is 0 Å². The molecule has 90 valence electrons. The van der Waals surface area contributed by atoms with Gasteiger partial charge in [-0.2, -0.15) is 0 Å². The van der Waals surface area contributed by atoms with Gasteiger partial charge in [-0.15, -0.1) is 0 Å². The van der Waals surface area contributed by atoms with E-state index in [1.54, 1.807) is 19.1 Å². The summed E-state index contributed by atoms with van der Waals surface area (Å²) in [5, 5.41) is 18.3. The van der Waals surface area contributed by atoms with Crippen molar-refractivity contribution in [1.82, 2.24) is 9.55 Å². The van der Waals surface area contributed by atoms with E-state index >= 15 is 0 Å². The van der Waals surface area contributed by atoms with Gasteiger partial charge in [0, 0.05) is 0 Å². The van der Waals surface area contributed by atoms with Gasteiger partial charge >= 0.3 is 0 Å². The summed E-state index contributed by atoms with van der Waals surface area (Å²) in [4.78, 5) is 16.1. The molecule has 1 atom stereocenters. The Balaban J connectivity index is 2.66. The summed E-state index contributed by atoms with van der Waals surface area (Å²) in [6.07, 6.45) is -0.946. The van der Waals surface area contributed by atoms with E-state index in [2.05, 4.69) is 4.98 Å². The highest BCUT2D eigenvalue weighted by Gasteiger charge is 2.11. The molecule has 0 amide bonds. The molecule has 17 heavy (non-hydrogen) atoms. The maximum Gasteiger partial charge on any atom is 0.272 e. The molecule has 0 fully saturated rings. The van der Waals surface area contributed by atoms with E-state index in [0.717, 1.165) is 0 Å². The van der Waals surface area contributed by atoms with E-state index in [4.69, 9.17) is 5.11 Å². The normalized spacial score (nSPS) is 12.9. The first-order chi connectivity index (χ1) is 8.13. The molecule has 1 aromatic carbocycles. The van der Waals surface area contributed by atoms with Crippen LogP contribution in [0.5, 0.6) is 0 Å². The smallest absolute Gasteiger partial charge is 0.272 e. The number of benzene rings is 1. The van der Waals surface area contributed by atoms with Crippen molar-refractivity contribution in [3.8, 4) is 0 Å². The number of nitrogens with zero attached hydrogens (tertiary/aromatic N) is 2. The highest BCUT2D eigenvalue weighted by Crippen LogP contribution is 2.10. The molecule has 1 heterocycles.